The zero-order valence-electron chi connectivity index (χ0n) is 16.2. The van der Waals surface area contributed by atoms with E-state index < -0.39 is 22.4 Å². The highest BCUT2D eigenvalue weighted by molar-refractivity contribution is 7.79. The summed E-state index contributed by atoms with van der Waals surface area (Å²) < 4.78 is 22.1. The molecule has 3 N–H and O–H groups in total. The molecule has 5 atom stereocenters. The Balaban J connectivity index is 1.63. The second-order valence-corrected chi connectivity index (χ2v) is 9.42. The number of carbonyl (C=O) groups is 2. The van der Waals surface area contributed by atoms with Crippen LogP contribution in [0.5, 0.6) is 0 Å². The molecule has 1 aromatic heterocycles. The lowest BCUT2D eigenvalue weighted by molar-refractivity contribution is -0.138. The molecule has 1 heterocycles. The van der Waals surface area contributed by atoms with Crippen LogP contribution in [-0.2, 0) is 27.2 Å². The number of hydroxylamine groups is 1. The lowest BCUT2D eigenvalue weighted by Crippen LogP contribution is -2.42. The molecule has 0 bridgehead atoms. The maximum atomic E-state index is 12.3. The summed E-state index contributed by atoms with van der Waals surface area (Å²) in [6, 6.07) is 0. The fourth-order valence-corrected chi connectivity index (χ4v) is 5.55. The third kappa shape index (κ3) is 4.69. The molecule has 156 valence electrons. The number of nitrogens with one attached hydrogen (secondary N) is 1. The Bertz CT molecular complexity index is 752. The van der Waals surface area contributed by atoms with Crippen molar-refractivity contribution in [3.05, 3.63) is 18.0 Å². The summed E-state index contributed by atoms with van der Waals surface area (Å²) in [5.74, 6) is 0.527. The van der Waals surface area contributed by atoms with E-state index in [-0.39, 0.29) is 18.1 Å². The molecule has 2 fully saturated rings. The fourth-order valence-electron chi connectivity index (χ4n) is 4.73. The van der Waals surface area contributed by atoms with Gasteiger partial charge in [0.05, 0.1) is 17.4 Å². The van der Waals surface area contributed by atoms with Crippen LogP contribution in [0.25, 0.3) is 0 Å². The smallest absolute Gasteiger partial charge is 0.250 e. The number of rotatable bonds is 7. The summed E-state index contributed by atoms with van der Waals surface area (Å²) in [7, 11) is 0. The maximum Gasteiger partial charge on any atom is 0.250 e. The lowest BCUT2D eigenvalue weighted by Gasteiger charge is -2.38. The zero-order chi connectivity index (χ0) is 20.3. The highest BCUT2D eigenvalue weighted by atomic mass is 32.2. The molecule has 3 rings (SSSR count). The van der Waals surface area contributed by atoms with Gasteiger partial charge in [0.1, 0.15) is 5.78 Å². The van der Waals surface area contributed by atoms with E-state index >= 15 is 0 Å². The van der Waals surface area contributed by atoms with E-state index in [1.807, 2.05) is 12.4 Å². The third-order valence-electron chi connectivity index (χ3n) is 6.51. The van der Waals surface area contributed by atoms with Crippen molar-refractivity contribution in [2.75, 3.05) is 5.75 Å². The van der Waals surface area contributed by atoms with Crippen LogP contribution in [0.1, 0.15) is 63.4 Å². The SMILES string of the molecule is CC(CCn1cc(C2CCC3CCCC(=O)C3C2)cn1)(CS(=O)O)C(=O)NO. The van der Waals surface area contributed by atoms with E-state index in [1.54, 1.807) is 17.1 Å². The van der Waals surface area contributed by atoms with Crippen LogP contribution < -0.4 is 5.48 Å². The molecule has 0 radical (unpaired) electrons. The number of aromatic nitrogens is 2. The molecule has 0 aliphatic heterocycles. The molecule has 1 aromatic rings. The minimum Gasteiger partial charge on any atom is -0.306 e. The minimum atomic E-state index is -2.15. The molecule has 0 saturated heterocycles. The Morgan fingerprint density at radius 3 is 2.93 bits per heavy atom. The summed E-state index contributed by atoms with van der Waals surface area (Å²) >= 11 is -2.15. The first-order chi connectivity index (χ1) is 13.3. The predicted octanol–water partition coefficient (Wildman–Crippen LogP) is 2.26. The van der Waals surface area contributed by atoms with E-state index in [4.69, 9.17) is 5.21 Å². The van der Waals surface area contributed by atoms with Crippen LogP contribution in [0.3, 0.4) is 0 Å². The summed E-state index contributed by atoms with van der Waals surface area (Å²) in [4.78, 5) is 24.2. The van der Waals surface area contributed by atoms with E-state index in [0.717, 1.165) is 31.2 Å². The average Bonchev–Trinajstić information content (AvgIpc) is 3.14. The summed E-state index contributed by atoms with van der Waals surface area (Å²) in [6.45, 7) is 1.94. The number of Topliss-reactive ketones (excluding diaryl/α,β-unsaturated/α-hetero) is 1. The standard InChI is InChI=1S/C19H29N3O5S/c1-19(12-28(26)27,18(24)21-25)7-8-22-11-15(10-20-22)14-6-5-13-3-2-4-17(23)16(13)9-14/h10-11,13-14,16,25H,2-9,12H2,1H3,(H,21,24)(H,26,27). The minimum absolute atomic E-state index is 0.187. The third-order valence-corrected chi connectivity index (χ3v) is 7.40. The number of nitrogens with zero attached hydrogens (tertiary/aromatic N) is 2. The van der Waals surface area contributed by atoms with Crippen LogP contribution in [0.15, 0.2) is 12.4 Å². The van der Waals surface area contributed by atoms with Gasteiger partial charge in [-0.2, -0.15) is 5.10 Å². The molecule has 0 aromatic carbocycles. The number of hydrogen-bond donors (Lipinski definition) is 3. The number of hydrogen-bond acceptors (Lipinski definition) is 5. The van der Waals surface area contributed by atoms with Crippen LogP contribution in [-0.4, -0.2) is 41.2 Å². The quantitative estimate of drug-likeness (QED) is 0.359. The lowest BCUT2D eigenvalue weighted by atomic mass is 9.66. The average molecular weight is 412 g/mol. The van der Waals surface area contributed by atoms with Gasteiger partial charge in [-0.15, -0.1) is 0 Å². The zero-order valence-corrected chi connectivity index (χ0v) is 17.0. The Kier molecular flexibility index (Phi) is 6.67. The van der Waals surface area contributed by atoms with E-state index in [9.17, 15) is 18.4 Å². The first-order valence-corrected chi connectivity index (χ1v) is 11.2. The van der Waals surface area contributed by atoms with E-state index in [2.05, 4.69) is 5.10 Å². The molecule has 0 spiro atoms. The van der Waals surface area contributed by atoms with Gasteiger partial charge >= 0.3 is 0 Å². The Hall–Kier alpha value is -1.58. The van der Waals surface area contributed by atoms with Gasteiger partial charge in [-0.25, -0.2) is 9.69 Å². The topological polar surface area (TPSA) is 122 Å². The van der Waals surface area contributed by atoms with Crippen LogP contribution in [0, 0.1) is 17.3 Å². The predicted molar refractivity (Wildman–Crippen MR) is 103 cm³/mol. The van der Waals surface area contributed by atoms with Gasteiger partial charge in [-0.3, -0.25) is 19.5 Å². The molecule has 2 aliphatic carbocycles. The Labute approximate surface area is 167 Å². The summed E-state index contributed by atoms with van der Waals surface area (Å²) in [5.41, 5.74) is 1.52. The van der Waals surface area contributed by atoms with Crippen LogP contribution in [0.2, 0.25) is 0 Å². The Morgan fingerprint density at radius 1 is 1.43 bits per heavy atom. The normalized spacial score (nSPS) is 28.2. The molecule has 1 amide bonds. The Morgan fingerprint density at radius 2 is 2.21 bits per heavy atom. The van der Waals surface area contributed by atoms with Crippen molar-refractivity contribution < 1.29 is 23.6 Å². The van der Waals surface area contributed by atoms with Gasteiger partial charge in [0.2, 0.25) is 5.91 Å². The second kappa shape index (κ2) is 8.84. The van der Waals surface area contributed by atoms with Gasteiger partial charge < -0.3 is 4.55 Å². The molecule has 2 saturated carbocycles. The molecule has 8 nitrogen and oxygen atoms in total. The van der Waals surface area contributed by atoms with Crippen molar-refractivity contribution >= 4 is 22.8 Å². The van der Waals surface area contributed by atoms with Gasteiger partial charge in [0.15, 0.2) is 11.1 Å². The van der Waals surface area contributed by atoms with Crippen LogP contribution >= 0.6 is 0 Å². The van der Waals surface area contributed by atoms with Gasteiger partial charge in [0, 0.05) is 25.1 Å². The monoisotopic (exact) mass is 411 g/mol. The van der Waals surface area contributed by atoms with E-state index in [1.165, 1.54) is 6.42 Å². The highest BCUT2D eigenvalue weighted by Crippen LogP contribution is 2.44. The van der Waals surface area contributed by atoms with Crippen molar-refractivity contribution in [1.29, 1.82) is 0 Å². The van der Waals surface area contributed by atoms with Gasteiger partial charge in [-0.05, 0) is 62.8 Å². The number of carbonyl (C=O) groups excluding carboxylic acids is 2. The number of amides is 1. The number of fused-ring (bicyclic) bond motifs is 1. The molecule has 5 unspecified atom stereocenters. The van der Waals surface area contributed by atoms with Crippen molar-refractivity contribution in [3.63, 3.8) is 0 Å². The maximum absolute atomic E-state index is 12.3. The highest BCUT2D eigenvalue weighted by Gasteiger charge is 2.38. The summed E-state index contributed by atoms with van der Waals surface area (Å²) in [5, 5.41) is 13.3. The van der Waals surface area contributed by atoms with Crippen molar-refractivity contribution in [2.45, 2.75) is 64.3 Å². The molecule has 9 heteroatoms. The molecular weight excluding hydrogens is 382 g/mol. The largest absolute Gasteiger partial charge is 0.306 e. The summed E-state index contributed by atoms with van der Waals surface area (Å²) in [6.07, 6.45) is 9.99. The van der Waals surface area contributed by atoms with Crippen molar-refractivity contribution in [2.24, 2.45) is 17.3 Å². The van der Waals surface area contributed by atoms with Crippen molar-refractivity contribution in [1.82, 2.24) is 15.3 Å². The van der Waals surface area contributed by atoms with Gasteiger partial charge in [-0.1, -0.05) is 0 Å². The van der Waals surface area contributed by atoms with Crippen molar-refractivity contribution in [3.8, 4) is 0 Å². The molecular formula is C19H29N3O5S. The van der Waals surface area contributed by atoms with Gasteiger partial charge in [0.25, 0.3) is 0 Å². The number of aryl methyl sites for hydroxylation is 1. The number of ketones is 1. The van der Waals surface area contributed by atoms with E-state index in [0.29, 0.717) is 30.6 Å². The molecule has 2 aliphatic rings. The van der Waals surface area contributed by atoms with Crippen LogP contribution in [0.4, 0.5) is 0 Å². The first kappa shape index (κ1) is 21.1. The second-order valence-electron chi connectivity index (χ2n) is 8.49. The first-order valence-electron chi connectivity index (χ1n) is 9.89. The molecule has 28 heavy (non-hydrogen) atoms. The fraction of sp³-hybridized carbons (Fsp3) is 0.737.